The van der Waals surface area contributed by atoms with Gasteiger partial charge in [-0.15, -0.1) is 11.3 Å². The van der Waals surface area contributed by atoms with Gasteiger partial charge in [-0.3, -0.25) is 14.2 Å². The summed E-state index contributed by atoms with van der Waals surface area (Å²) < 4.78 is 14.7. The highest BCUT2D eigenvalue weighted by Crippen LogP contribution is 2.30. The van der Waals surface area contributed by atoms with Crippen molar-refractivity contribution in [2.24, 2.45) is 0 Å². The molecule has 160 valence electrons. The second-order valence-electron chi connectivity index (χ2n) is 7.70. The summed E-state index contributed by atoms with van der Waals surface area (Å²) in [7, 11) is 0. The van der Waals surface area contributed by atoms with Crippen molar-refractivity contribution in [2.45, 2.75) is 13.0 Å². The van der Waals surface area contributed by atoms with E-state index in [9.17, 15) is 14.0 Å². The van der Waals surface area contributed by atoms with E-state index in [-0.39, 0.29) is 23.8 Å². The summed E-state index contributed by atoms with van der Waals surface area (Å²) in [5, 5.41) is 2.31. The van der Waals surface area contributed by atoms with Crippen LogP contribution in [0.5, 0.6) is 0 Å². The molecule has 0 saturated carbocycles. The predicted molar refractivity (Wildman–Crippen MR) is 125 cm³/mol. The Morgan fingerprint density at radius 3 is 2.56 bits per heavy atom. The Bertz CT molecular complexity index is 1370. The molecule has 0 aliphatic carbocycles. The Balaban J connectivity index is 1.38. The monoisotopic (exact) mass is 445 g/mol. The maximum Gasteiger partial charge on any atom is 0.263 e. The third-order valence-corrected chi connectivity index (χ3v) is 6.61. The Labute approximate surface area is 188 Å². The molecule has 2 aromatic carbocycles. The molecule has 1 aliphatic rings. The SMILES string of the molecule is O=C(Cn1cnc2scc(-c3ccc(F)cc3)c2c1=O)N1CC=C(c2ccccc2)CC1. The molecule has 0 bridgehead atoms. The maximum absolute atomic E-state index is 13.3. The van der Waals surface area contributed by atoms with Crippen LogP contribution in [0.15, 0.2) is 77.2 Å². The van der Waals surface area contributed by atoms with Crippen LogP contribution in [0, 0.1) is 5.82 Å². The minimum atomic E-state index is -0.333. The molecule has 32 heavy (non-hydrogen) atoms. The normalized spacial score (nSPS) is 13.9. The van der Waals surface area contributed by atoms with E-state index in [0.29, 0.717) is 28.9 Å². The molecule has 7 heteroatoms. The molecule has 0 unspecified atom stereocenters. The number of hydrogen-bond acceptors (Lipinski definition) is 4. The summed E-state index contributed by atoms with van der Waals surface area (Å²) in [4.78, 5) is 32.8. The number of hydrogen-bond donors (Lipinski definition) is 0. The van der Waals surface area contributed by atoms with E-state index < -0.39 is 0 Å². The Hall–Kier alpha value is -3.58. The summed E-state index contributed by atoms with van der Waals surface area (Å²) in [6.45, 7) is 1.07. The summed E-state index contributed by atoms with van der Waals surface area (Å²) in [5.74, 6) is -0.449. The summed E-state index contributed by atoms with van der Waals surface area (Å²) >= 11 is 1.36. The van der Waals surface area contributed by atoms with Crippen LogP contribution in [0.25, 0.3) is 26.9 Å². The van der Waals surface area contributed by atoms with Gasteiger partial charge in [-0.1, -0.05) is 48.5 Å². The van der Waals surface area contributed by atoms with Gasteiger partial charge < -0.3 is 4.90 Å². The van der Waals surface area contributed by atoms with Gasteiger partial charge in [-0.25, -0.2) is 9.37 Å². The zero-order valence-corrected chi connectivity index (χ0v) is 18.0. The first-order valence-corrected chi connectivity index (χ1v) is 11.2. The zero-order valence-electron chi connectivity index (χ0n) is 17.2. The largest absolute Gasteiger partial charge is 0.337 e. The molecule has 0 N–H and O–H groups in total. The number of carbonyl (C=O) groups is 1. The summed E-state index contributed by atoms with van der Waals surface area (Å²) in [5.41, 5.74) is 3.60. The van der Waals surface area contributed by atoms with Crippen LogP contribution in [0.3, 0.4) is 0 Å². The van der Waals surface area contributed by atoms with Crippen molar-refractivity contribution < 1.29 is 9.18 Å². The number of amides is 1. The van der Waals surface area contributed by atoms with Crippen molar-refractivity contribution in [3.63, 3.8) is 0 Å². The molecule has 0 fully saturated rings. The van der Waals surface area contributed by atoms with Gasteiger partial charge in [0.2, 0.25) is 5.91 Å². The lowest BCUT2D eigenvalue weighted by Gasteiger charge is -2.27. The van der Waals surface area contributed by atoms with E-state index >= 15 is 0 Å². The van der Waals surface area contributed by atoms with Gasteiger partial charge in [0, 0.05) is 24.0 Å². The number of thiophene rings is 1. The highest BCUT2D eigenvalue weighted by molar-refractivity contribution is 7.17. The number of rotatable bonds is 4. The molecule has 4 aromatic rings. The number of carbonyl (C=O) groups excluding carboxylic acids is 1. The van der Waals surface area contributed by atoms with Gasteiger partial charge in [-0.2, -0.15) is 0 Å². The fourth-order valence-corrected chi connectivity index (χ4v) is 4.88. The highest BCUT2D eigenvalue weighted by Gasteiger charge is 2.20. The molecule has 5 rings (SSSR count). The fourth-order valence-electron chi connectivity index (χ4n) is 3.98. The molecule has 0 atom stereocenters. The molecule has 0 radical (unpaired) electrons. The second kappa shape index (κ2) is 8.51. The lowest BCUT2D eigenvalue weighted by molar-refractivity contribution is -0.131. The van der Waals surface area contributed by atoms with Crippen LogP contribution in [0.4, 0.5) is 4.39 Å². The van der Waals surface area contributed by atoms with E-state index in [1.54, 1.807) is 17.0 Å². The van der Waals surface area contributed by atoms with Crippen LogP contribution in [0.1, 0.15) is 12.0 Å². The zero-order chi connectivity index (χ0) is 22.1. The second-order valence-corrected chi connectivity index (χ2v) is 8.56. The van der Waals surface area contributed by atoms with Crippen molar-refractivity contribution in [1.29, 1.82) is 0 Å². The van der Waals surface area contributed by atoms with Gasteiger partial charge >= 0.3 is 0 Å². The van der Waals surface area contributed by atoms with Crippen LogP contribution < -0.4 is 5.56 Å². The van der Waals surface area contributed by atoms with E-state index in [2.05, 4.69) is 23.2 Å². The molecule has 1 aliphatic heterocycles. The number of nitrogens with zero attached hydrogens (tertiary/aromatic N) is 3. The van der Waals surface area contributed by atoms with Crippen molar-refractivity contribution in [2.75, 3.05) is 13.1 Å². The van der Waals surface area contributed by atoms with Gasteiger partial charge in [0.15, 0.2) is 0 Å². The summed E-state index contributed by atoms with van der Waals surface area (Å²) in [6.07, 6.45) is 4.29. The molecule has 0 saturated heterocycles. The standard InChI is InChI=1S/C25H20FN3O2S/c26-20-8-6-19(7-9-20)21-15-32-24-23(21)25(31)29(16-27-24)14-22(30)28-12-10-18(11-13-28)17-4-2-1-3-5-17/h1-10,15-16H,11-14H2. The van der Waals surface area contributed by atoms with Crippen LogP contribution >= 0.6 is 11.3 Å². The minimum Gasteiger partial charge on any atom is -0.337 e. The fraction of sp³-hybridized carbons (Fsp3) is 0.160. The van der Waals surface area contributed by atoms with Gasteiger partial charge in [0.1, 0.15) is 17.2 Å². The van der Waals surface area contributed by atoms with Crippen LogP contribution in [-0.2, 0) is 11.3 Å². The predicted octanol–water partition coefficient (Wildman–Crippen LogP) is 4.58. The van der Waals surface area contributed by atoms with Crippen molar-refractivity contribution in [3.8, 4) is 11.1 Å². The lowest BCUT2D eigenvalue weighted by Crippen LogP contribution is -2.39. The van der Waals surface area contributed by atoms with Crippen molar-refractivity contribution >= 4 is 33.0 Å². The molecule has 2 aromatic heterocycles. The molecular formula is C25H20FN3O2S. The Morgan fingerprint density at radius 1 is 1.06 bits per heavy atom. The average Bonchev–Trinajstić information content (AvgIpc) is 3.27. The maximum atomic E-state index is 13.3. The van der Waals surface area contributed by atoms with Crippen molar-refractivity contribution in [3.05, 3.63) is 94.1 Å². The van der Waals surface area contributed by atoms with Crippen molar-refractivity contribution in [1.82, 2.24) is 14.5 Å². The van der Waals surface area contributed by atoms with E-state index in [0.717, 1.165) is 12.0 Å². The third kappa shape index (κ3) is 3.87. The number of aromatic nitrogens is 2. The van der Waals surface area contributed by atoms with E-state index in [1.165, 1.54) is 45.5 Å². The number of halogens is 1. The van der Waals surface area contributed by atoms with Crippen LogP contribution in [-0.4, -0.2) is 33.4 Å². The third-order valence-electron chi connectivity index (χ3n) is 5.73. The Morgan fingerprint density at radius 2 is 1.84 bits per heavy atom. The summed E-state index contributed by atoms with van der Waals surface area (Å²) in [6, 6.07) is 16.2. The smallest absolute Gasteiger partial charge is 0.263 e. The minimum absolute atomic E-state index is 0.0605. The molecule has 1 amide bonds. The quantitative estimate of drug-likeness (QED) is 0.462. The molecule has 0 spiro atoms. The van der Waals surface area contributed by atoms with Crippen LogP contribution in [0.2, 0.25) is 0 Å². The number of fused-ring (bicyclic) bond motifs is 1. The number of benzene rings is 2. The van der Waals surface area contributed by atoms with E-state index in [4.69, 9.17) is 0 Å². The van der Waals surface area contributed by atoms with E-state index in [1.807, 2.05) is 23.6 Å². The molecule has 3 heterocycles. The van der Waals surface area contributed by atoms with Gasteiger partial charge in [0.05, 0.1) is 11.7 Å². The first-order valence-electron chi connectivity index (χ1n) is 10.3. The topological polar surface area (TPSA) is 55.2 Å². The average molecular weight is 446 g/mol. The lowest BCUT2D eigenvalue weighted by atomic mass is 9.99. The highest BCUT2D eigenvalue weighted by atomic mass is 32.1. The Kier molecular flexibility index (Phi) is 5.41. The van der Waals surface area contributed by atoms with Gasteiger partial charge in [-0.05, 0) is 35.3 Å². The van der Waals surface area contributed by atoms with Gasteiger partial charge in [0.25, 0.3) is 5.56 Å². The first-order chi connectivity index (χ1) is 15.6. The first kappa shape index (κ1) is 20.3. The molecular weight excluding hydrogens is 425 g/mol. The molecule has 5 nitrogen and oxygen atoms in total.